The van der Waals surface area contributed by atoms with E-state index in [1.165, 1.54) is 5.46 Å². The Morgan fingerprint density at radius 1 is 1.05 bits per heavy atom. The van der Waals surface area contributed by atoms with Crippen LogP contribution >= 0.6 is 0 Å². The summed E-state index contributed by atoms with van der Waals surface area (Å²) in [5.74, 6) is 0. The second-order valence-electron chi connectivity index (χ2n) is 6.58. The molecule has 0 unspecified atom stereocenters. The van der Waals surface area contributed by atoms with Crippen molar-refractivity contribution >= 4 is 12.7 Å². The third kappa shape index (κ3) is 4.18. The van der Waals surface area contributed by atoms with Gasteiger partial charge < -0.3 is 9.84 Å². The highest BCUT2D eigenvalue weighted by Gasteiger charge is 2.35. The van der Waals surface area contributed by atoms with Gasteiger partial charge in [-0.05, 0) is 39.8 Å². The smallest absolute Gasteiger partial charge is 0.188 e. The molecule has 116 valence electrons. The number of hydrogen-bond donors (Lipinski definition) is 1. The third-order valence-corrected chi connectivity index (χ3v) is 4.24. The largest absolute Gasteiger partial charge is 0.387 e. The molecule has 0 aliphatic carbocycles. The molecule has 0 radical (unpaired) electrons. The second-order valence-corrected chi connectivity index (χ2v) is 6.58. The lowest BCUT2D eigenvalue weighted by molar-refractivity contribution is -0.135. The van der Waals surface area contributed by atoms with Crippen molar-refractivity contribution in [2.75, 3.05) is 6.51 Å². The van der Waals surface area contributed by atoms with Gasteiger partial charge in [0.05, 0.1) is 16.9 Å². The molecule has 1 aromatic carbocycles. The summed E-state index contributed by atoms with van der Waals surface area (Å²) in [5, 5.41) is 10.1. The van der Waals surface area contributed by atoms with Crippen LogP contribution in [0.4, 0.5) is 0 Å². The van der Waals surface area contributed by atoms with Crippen molar-refractivity contribution in [1.82, 2.24) is 4.98 Å². The summed E-state index contributed by atoms with van der Waals surface area (Å²) >= 11 is 0. The highest BCUT2D eigenvalue weighted by molar-refractivity contribution is 6.53. The van der Waals surface area contributed by atoms with Crippen LogP contribution in [-0.2, 0) is 4.74 Å². The molecule has 0 amide bonds. The number of aliphatic hydroxyl groups is 1. The molecule has 1 N–H and O–H groups in total. The first kappa shape index (κ1) is 16.7. The fourth-order valence-electron chi connectivity index (χ4n) is 1.98. The number of benzene rings is 1. The van der Waals surface area contributed by atoms with E-state index in [-0.39, 0.29) is 0 Å². The highest BCUT2D eigenvalue weighted by atomic mass is 16.5. The molecule has 0 aliphatic rings. The van der Waals surface area contributed by atoms with Gasteiger partial charge >= 0.3 is 0 Å². The van der Waals surface area contributed by atoms with E-state index in [9.17, 15) is 5.11 Å². The number of hydrogen-bond acceptors (Lipinski definition) is 3. The van der Waals surface area contributed by atoms with E-state index in [1.54, 1.807) is 20.0 Å². The third-order valence-electron chi connectivity index (χ3n) is 4.24. The lowest BCUT2D eigenvalue weighted by atomic mass is 9.71. The van der Waals surface area contributed by atoms with Gasteiger partial charge in [0.1, 0.15) is 0 Å². The van der Waals surface area contributed by atoms with Gasteiger partial charge in [-0.3, -0.25) is 4.98 Å². The molecular formula is C18H24BNO2. The van der Waals surface area contributed by atoms with E-state index in [0.29, 0.717) is 6.51 Å². The topological polar surface area (TPSA) is 42.4 Å². The Kier molecular flexibility index (Phi) is 5.04. The monoisotopic (exact) mass is 297 g/mol. The van der Waals surface area contributed by atoms with Crippen LogP contribution in [0.1, 0.15) is 27.7 Å². The Morgan fingerprint density at radius 3 is 2.27 bits per heavy atom. The van der Waals surface area contributed by atoms with Gasteiger partial charge in [0.25, 0.3) is 0 Å². The van der Waals surface area contributed by atoms with Crippen molar-refractivity contribution in [3.63, 3.8) is 0 Å². The summed E-state index contributed by atoms with van der Waals surface area (Å²) < 4.78 is 5.85. The van der Waals surface area contributed by atoms with Crippen LogP contribution < -0.4 is 5.46 Å². The predicted octanol–water partition coefficient (Wildman–Crippen LogP) is 2.33. The van der Waals surface area contributed by atoms with Crippen LogP contribution in [-0.4, -0.2) is 35.1 Å². The maximum atomic E-state index is 10.1. The Bertz CT molecular complexity index is 589. The average molecular weight is 297 g/mol. The first-order chi connectivity index (χ1) is 10.3. The van der Waals surface area contributed by atoms with Crippen LogP contribution in [0.25, 0.3) is 11.3 Å². The lowest BCUT2D eigenvalue weighted by Crippen LogP contribution is -2.48. The van der Waals surface area contributed by atoms with Gasteiger partial charge in [0.2, 0.25) is 0 Å². The van der Waals surface area contributed by atoms with Gasteiger partial charge in [0.15, 0.2) is 7.28 Å². The van der Waals surface area contributed by atoms with Crippen molar-refractivity contribution in [2.24, 2.45) is 0 Å². The molecule has 2 aromatic rings. The highest BCUT2D eigenvalue weighted by Crippen LogP contribution is 2.24. The van der Waals surface area contributed by atoms with Crippen molar-refractivity contribution in [1.29, 1.82) is 0 Å². The molecule has 0 saturated carbocycles. The second kappa shape index (κ2) is 6.63. The molecule has 0 saturated heterocycles. The standard InChI is InChI=1S/C18H24BNO2/c1-17(2,21)18(3,4)22-13-19-15-10-8-14(9-11-15)16-7-5-6-12-20-16/h5-12,19,21H,13H2,1-4H3. The molecule has 0 fully saturated rings. The molecule has 0 atom stereocenters. The molecule has 1 aromatic heterocycles. The Balaban J connectivity index is 1.93. The van der Waals surface area contributed by atoms with E-state index < -0.39 is 11.2 Å². The van der Waals surface area contributed by atoms with Crippen LogP contribution in [0, 0.1) is 0 Å². The molecule has 0 spiro atoms. The minimum absolute atomic E-state index is 0.569. The Labute approximate surface area is 133 Å². The van der Waals surface area contributed by atoms with Crippen LogP contribution in [0.2, 0.25) is 0 Å². The number of nitrogens with zero attached hydrogens (tertiary/aromatic N) is 1. The van der Waals surface area contributed by atoms with Crippen molar-refractivity contribution in [2.45, 2.75) is 38.9 Å². The Morgan fingerprint density at radius 2 is 1.73 bits per heavy atom. The fraction of sp³-hybridized carbons (Fsp3) is 0.389. The molecule has 22 heavy (non-hydrogen) atoms. The zero-order valence-electron chi connectivity index (χ0n) is 13.8. The van der Waals surface area contributed by atoms with Gasteiger partial charge in [0, 0.05) is 18.3 Å². The number of ether oxygens (including phenoxy) is 1. The molecule has 0 bridgehead atoms. The van der Waals surface area contributed by atoms with Crippen LogP contribution in [0.3, 0.4) is 0 Å². The molecular weight excluding hydrogens is 273 g/mol. The summed E-state index contributed by atoms with van der Waals surface area (Å²) in [6, 6.07) is 14.3. The number of rotatable bonds is 6. The molecule has 3 nitrogen and oxygen atoms in total. The van der Waals surface area contributed by atoms with Crippen LogP contribution in [0.5, 0.6) is 0 Å². The van der Waals surface area contributed by atoms with Crippen molar-refractivity contribution < 1.29 is 9.84 Å². The molecule has 0 aliphatic heterocycles. The van der Waals surface area contributed by atoms with Gasteiger partial charge in [-0.2, -0.15) is 0 Å². The quantitative estimate of drug-likeness (QED) is 0.832. The summed E-state index contributed by atoms with van der Waals surface area (Å²) in [5.41, 5.74) is 1.87. The van der Waals surface area contributed by atoms with Gasteiger partial charge in [-0.15, -0.1) is 0 Å². The Hall–Kier alpha value is -1.65. The maximum Gasteiger partial charge on any atom is 0.188 e. The normalized spacial score (nSPS) is 12.2. The van der Waals surface area contributed by atoms with Crippen molar-refractivity contribution in [3.05, 3.63) is 48.7 Å². The minimum atomic E-state index is -0.865. The number of aromatic nitrogens is 1. The summed E-state index contributed by atoms with van der Waals surface area (Å²) in [7, 11) is 0.821. The molecule has 4 heteroatoms. The zero-order valence-corrected chi connectivity index (χ0v) is 13.8. The average Bonchev–Trinajstić information content (AvgIpc) is 2.47. The summed E-state index contributed by atoms with van der Waals surface area (Å²) in [6.07, 6.45) is 1.80. The van der Waals surface area contributed by atoms with Crippen LogP contribution in [0.15, 0.2) is 48.7 Å². The summed E-state index contributed by atoms with van der Waals surface area (Å²) in [6.45, 7) is 7.96. The van der Waals surface area contributed by atoms with Gasteiger partial charge in [-0.25, -0.2) is 0 Å². The van der Waals surface area contributed by atoms with E-state index in [1.807, 2.05) is 32.0 Å². The summed E-state index contributed by atoms with van der Waals surface area (Å²) in [4.78, 5) is 4.35. The zero-order chi connectivity index (χ0) is 16.2. The SMILES string of the molecule is CC(C)(O)C(C)(C)OCBc1ccc(-c2ccccn2)cc1. The predicted molar refractivity (Wildman–Crippen MR) is 92.8 cm³/mol. The molecule has 2 rings (SSSR count). The lowest BCUT2D eigenvalue weighted by Gasteiger charge is -2.37. The molecule has 1 heterocycles. The fourth-order valence-corrected chi connectivity index (χ4v) is 1.98. The van der Waals surface area contributed by atoms with Crippen molar-refractivity contribution in [3.8, 4) is 11.3 Å². The minimum Gasteiger partial charge on any atom is -0.387 e. The van der Waals surface area contributed by atoms with E-state index in [2.05, 4.69) is 29.2 Å². The maximum absolute atomic E-state index is 10.1. The van der Waals surface area contributed by atoms with Gasteiger partial charge in [-0.1, -0.05) is 35.8 Å². The first-order valence-electron chi connectivity index (χ1n) is 7.66. The van der Waals surface area contributed by atoms with E-state index in [0.717, 1.165) is 18.5 Å². The van der Waals surface area contributed by atoms with E-state index >= 15 is 0 Å². The van der Waals surface area contributed by atoms with E-state index in [4.69, 9.17) is 4.74 Å². The first-order valence-corrected chi connectivity index (χ1v) is 7.66. The number of pyridine rings is 1.